The summed E-state index contributed by atoms with van der Waals surface area (Å²) in [5.74, 6) is 0.357. The van der Waals surface area contributed by atoms with Gasteiger partial charge in [-0.1, -0.05) is 15.9 Å². The van der Waals surface area contributed by atoms with Crippen molar-refractivity contribution in [2.45, 2.75) is 25.3 Å². The third kappa shape index (κ3) is 4.91. The molecule has 0 bridgehead atoms. The normalized spacial score (nSPS) is 15.0. The molecule has 0 unspecified atom stereocenters. The van der Waals surface area contributed by atoms with E-state index >= 15 is 0 Å². The number of halogens is 3. The maximum Gasteiger partial charge on any atom is 0.191 e. The van der Waals surface area contributed by atoms with E-state index in [0.717, 1.165) is 4.47 Å². The molecule has 1 aliphatic rings. The highest BCUT2D eigenvalue weighted by molar-refractivity contribution is 14.0. The zero-order valence-electron chi connectivity index (χ0n) is 10.8. The summed E-state index contributed by atoms with van der Waals surface area (Å²) in [6.45, 7) is 0.510. The average Bonchev–Trinajstić information content (AvgIpc) is 3.16. The molecule has 1 fully saturated rings. The number of hydrogen-bond donors (Lipinski definition) is 1. The molecule has 0 amide bonds. The van der Waals surface area contributed by atoms with Crippen LogP contribution in [0.25, 0.3) is 0 Å². The molecule has 0 spiro atoms. The second kappa shape index (κ2) is 7.42. The lowest BCUT2D eigenvalue weighted by Gasteiger charge is -2.16. The van der Waals surface area contributed by atoms with Gasteiger partial charge in [-0.05, 0) is 43.0 Å². The second-order valence-electron chi connectivity index (χ2n) is 4.57. The van der Waals surface area contributed by atoms with Crippen LogP contribution in [-0.4, -0.2) is 30.5 Å². The Balaban J connectivity index is 0.00000180. The molecular formula is C13H18BrFIN3. The number of rotatable bonds is 4. The summed E-state index contributed by atoms with van der Waals surface area (Å²) in [7, 11) is 1.95. The molecule has 2 rings (SSSR count). The Labute approximate surface area is 138 Å². The summed E-state index contributed by atoms with van der Waals surface area (Å²) in [4.78, 5) is 6.29. The Bertz CT molecular complexity index is 463. The molecule has 106 valence electrons. The molecule has 1 aromatic carbocycles. The first-order valence-electron chi connectivity index (χ1n) is 6.04. The molecule has 6 heteroatoms. The molecule has 3 nitrogen and oxygen atoms in total. The van der Waals surface area contributed by atoms with E-state index in [1.54, 1.807) is 12.1 Å². The maximum absolute atomic E-state index is 13.5. The Morgan fingerprint density at radius 3 is 2.84 bits per heavy atom. The van der Waals surface area contributed by atoms with Crippen LogP contribution in [0.2, 0.25) is 0 Å². The van der Waals surface area contributed by atoms with Crippen LogP contribution in [0.15, 0.2) is 27.7 Å². The second-order valence-corrected chi connectivity index (χ2v) is 5.48. The van der Waals surface area contributed by atoms with Crippen molar-refractivity contribution in [2.24, 2.45) is 10.7 Å². The molecule has 19 heavy (non-hydrogen) atoms. The molecular weight excluding hydrogens is 424 g/mol. The van der Waals surface area contributed by atoms with Crippen LogP contribution in [0.1, 0.15) is 18.4 Å². The van der Waals surface area contributed by atoms with Crippen LogP contribution in [-0.2, 0) is 6.42 Å². The van der Waals surface area contributed by atoms with Gasteiger partial charge in [-0.25, -0.2) is 4.39 Å². The predicted octanol–water partition coefficient (Wildman–Crippen LogP) is 3.16. The quantitative estimate of drug-likeness (QED) is 0.443. The first-order chi connectivity index (χ1) is 8.58. The molecule has 0 aliphatic heterocycles. The Kier molecular flexibility index (Phi) is 6.52. The molecule has 0 aromatic heterocycles. The Morgan fingerprint density at radius 1 is 1.53 bits per heavy atom. The van der Waals surface area contributed by atoms with E-state index in [9.17, 15) is 4.39 Å². The lowest BCUT2D eigenvalue weighted by molar-refractivity contribution is 0.487. The first kappa shape index (κ1) is 16.7. The van der Waals surface area contributed by atoms with E-state index in [0.29, 0.717) is 30.5 Å². The Hall–Kier alpha value is -0.370. The van der Waals surface area contributed by atoms with E-state index in [-0.39, 0.29) is 29.8 Å². The third-order valence-electron chi connectivity index (χ3n) is 3.12. The maximum atomic E-state index is 13.5. The number of guanidine groups is 1. The number of nitrogens with zero attached hydrogens (tertiary/aromatic N) is 2. The largest absolute Gasteiger partial charge is 0.370 e. The van der Waals surface area contributed by atoms with Crippen LogP contribution < -0.4 is 5.73 Å². The van der Waals surface area contributed by atoms with Crippen molar-refractivity contribution in [3.63, 3.8) is 0 Å². The fourth-order valence-corrected chi connectivity index (χ4v) is 2.19. The van der Waals surface area contributed by atoms with Gasteiger partial charge in [0.15, 0.2) is 5.96 Å². The minimum Gasteiger partial charge on any atom is -0.370 e. The van der Waals surface area contributed by atoms with Crippen LogP contribution in [0.4, 0.5) is 4.39 Å². The van der Waals surface area contributed by atoms with E-state index in [2.05, 4.69) is 20.9 Å². The summed E-state index contributed by atoms with van der Waals surface area (Å²) >= 11 is 3.33. The standard InChI is InChI=1S/C13H17BrFN3.HI/c1-18(11-3-4-11)13(16)17-7-6-9-8-10(14)2-5-12(9)15;/h2,5,8,11H,3-4,6-7H2,1H3,(H2,16,17);1H. The molecule has 1 aromatic rings. The summed E-state index contributed by atoms with van der Waals surface area (Å²) < 4.78 is 14.4. The summed E-state index contributed by atoms with van der Waals surface area (Å²) in [5.41, 5.74) is 6.53. The molecule has 0 atom stereocenters. The van der Waals surface area contributed by atoms with Gasteiger partial charge in [-0.3, -0.25) is 4.99 Å². The van der Waals surface area contributed by atoms with Crippen molar-refractivity contribution in [1.29, 1.82) is 0 Å². The van der Waals surface area contributed by atoms with Crippen molar-refractivity contribution < 1.29 is 4.39 Å². The number of hydrogen-bond acceptors (Lipinski definition) is 1. The highest BCUT2D eigenvalue weighted by Gasteiger charge is 2.27. The smallest absolute Gasteiger partial charge is 0.191 e. The van der Waals surface area contributed by atoms with Crippen molar-refractivity contribution >= 4 is 45.9 Å². The van der Waals surface area contributed by atoms with Gasteiger partial charge in [0, 0.05) is 24.1 Å². The zero-order chi connectivity index (χ0) is 13.1. The van der Waals surface area contributed by atoms with Crippen LogP contribution in [0.3, 0.4) is 0 Å². The first-order valence-corrected chi connectivity index (χ1v) is 6.84. The summed E-state index contributed by atoms with van der Waals surface area (Å²) in [5, 5.41) is 0. The van der Waals surface area contributed by atoms with E-state index < -0.39 is 0 Å². The highest BCUT2D eigenvalue weighted by atomic mass is 127. The fourth-order valence-electron chi connectivity index (χ4n) is 1.79. The van der Waals surface area contributed by atoms with Gasteiger partial charge >= 0.3 is 0 Å². The van der Waals surface area contributed by atoms with Crippen molar-refractivity contribution in [2.75, 3.05) is 13.6 Å². The molecule has 2 N–H and O–H groups in total. The minimum absolute atomic E-state index is 0. The van der Waals surface area contributed by atoms with Gasteiger partial charge in [-0.15, -0.1) is 24.0 Å². The van der Waals surface area contributed by atoms with Crippen LogP contribution >= 0.6 is 39.9 Å². The van der Waals surface area contributed by atoms with Gasteiger partial charge in [0.2, 0.25) is 0 Å². The summed E-state index contributed by atoms with van der Waals surface area (Å²) in [6, 6.07) is 5.49. The molecule has 0 saturated heterocycles. The van der Waals surface area contributed by atoms with E-state index in [1.165, 1.54) is 18.9 Å². The van der Waals surface area contributed by atoms with Crippen molar-refractivity contribution in [3.8, 4) is 0 Å². The lowest BCUT2D eigenvalue weighted by atomic mass is 10.1. The molecule has 1 saturated carbocycles. The fraction of sp³-hybridized carbons (Fsp3) is 0.462. The van der Waals surface area contributed by atoms with E-state index in [1.807, 2.05) is 11.9 Å². The van der Waals surface area contributed by atoms with Gasteiger partial charge in [0.05, 0.1) is 0 Å². The predicted molar refractivity (Wildman–Crippen MR) is 90.5 cm³/mol. The molecule has 0 heterocycles. The topological polar surface area (TPSA) is 41.6 Å². The lowest BCUT2D eigenvalue weighted by Crippen LogP contribution is -2.35. The minimum atomic E-state index is -0.192. The van der Waals surface area contributed by atoms with E-state index in [4.69, 9.17) is 5.73 Å². The van der Waals surface area contributed by atoms with Gasteiger partial charge in [0.25, 0.3) is 0 Å². The van der Waals surface area contributed by atoms with Crippen LogP contribution in [0, 0.1) is 5.82 Å². The van der Waals surface area contributed by atoms with Crippen LogP contribution in [0.5, 0.6) is 0 Å². The average molecular weight is 442 g/mol. The van der Waals surface area contributed by atoms with Gasteiger partial charge < -0.3 is 10.6 Å². The molecule has 0 radical (unpaired) electrons. The molecule has 1 aliphatic carbocycles. The zero-order valence-corrected chi connectivity index (χ0v) is 14.7. The SMILES string of the molecule is CN(C(N)=NCCc1cc(Br)ccc1F)C1CC1.I. The number of aliphatic imine (C=N–C) groups is 1. The van der Waals surface area contributed by atoms with Crippen molar-refractivity contribution in [1.82, 2.24) is 4.90 Å². The summed E-state index contributed by atoms with van der Waals surface area (Å²) in [6.07, 6.45) is 2.93. The monoisotopic (exact) mass is 441 g/mol. The highest BCUT2D eigenvalue weighted by Crippen LogP contribution is 2.24. The number of benzene rings is 1. The number of nitrogens with two attached hydrogens (primary N) is 1. The third-order valence-corrected chi connectivity index (χ3v) is 3.61. The van der Waals surface area contributed by atoms with Gasteiger partial charge in [0.1, 0.15) is 5.82 Å². The van der Waals surface area contributed by atoms with Crippen molar-refractivity contribution in [3.05, 3.63) is 34.1 Å². The Morgan fingerprint density at radius 2 is 2.21 bits per heavy atom. The van der Waals surface area contributed by atoms with Gasteiger partial charge in [-0.2, -0.15) is 0 Å².